The monoisotopic (exact) mass is 338 g/mol. The number of carbonyl (C=O) groups is 1. The highest BCUT2D eigenvalue weighted by molar-refractivity contribution is 9.10. The van der Waals surface area contributed by atoms with Crippen molar-refractivity contribution in [1.29, 1.82) is 0 Å². The molecule has 0 unspecified atom stereocenters. The highest BCUT2D eigenvalue weighted by Gasteiger charge is 2.23. The second-order valence-electron chi connectivity index (χ2n) is 5.89. The number of hydrogen-bond acceptors (Lipinski definition) is 2. The molecule has 1 aromatic rings. The maximum Gasteiger partial charge on any atom is 0.132 e. The van der Waals surface area contributed by atoms with E-state index in [2.05, 4.69) is 36.7 Å². The lowest BCUT2D eigenvalue weighted by Gasteiger charge is -2.25. The van der Waals surface area contributed by atoms with Crippen molar-refractivity contribution < 1.29 is 9.53 Å². The van der Waals surface area contributed by atoms with Gasteiger partial charge in [-0.3, -0.25) is 4.79 Å². The van der Waals surface area contributed by atoms with Gasteiger partial charge in [0.1, 0.15) is 11.5 Å². The van der Waals surface area contributed by atoms with Crippen molar-refractivity contribution >= 4 is 21.7 Å². The molecule has 1 aliphatic carbocycles. The van der Waals surface area contributed by atoms with E-state index in [1.165, 1.54) is 26.7 Å². The van der Waals surface area contributed by atoms with E-state index >= 15 is 0 Å². The van der Waals surface area contributed by atoms with Gasteiger partial charge in [0, 0.05) is 17.3 Å². The van der Waals surface area contributed by atoms with Crippen molar-refractivity contribution in [2.45, 2.75) is 52.9 Å². The number of Topliss-reactive ketones (excluding diaryl/α,β-unsaturated/α-hetero) is 1. The number of methoxy groups -OCH3 is 1. The Morgan fingerprint density at radius 1 is 1.10 bits per heavy atom. The van der Waals surface area contributed by atoms with E-state index < -0.39 is 0 Å². The predicted molar refractivity (Wildman–Crippen MR) is 85.6 cm³/mol. The topological polar surface area (TPSA) is 26.3 Å². The Balaban J connectivity index is 2.33. The summed E-state index contributed by atoms with van der Waals surface area (Å²) in [5.74, 6) is 2.06. The normalized spacial score (nSPS) is 16.6. The molecule has 1 fully saturated rings. The van der Waals surface area contributed by atoms with E-state index in [1.54, 1.807) is 7.11 Å². The number of benzene rings is 1. The average Bonchev–Trinajstić information content (AvgIpc) is 2.45. The molecule has 2 rings (SSSR count). The molecule has 0 aromatic heterocycles. The van der Waals surface area contributed by atoms with Crippen LogP contribution in [0.5, 0.6) is 5.75 Å². The molecular weight excluding hydrogens is 316 g/mol. The van der Waals surface area contributed by atoms with Crippen molar-refractivity contribution in [1.82, 2.24) is 0 Å². The Kier molecular flexibility index (Phi) is 4.90. The molecule has 3 heteroatoms. The summed E-state index contributed by atoms with van der Waals surface area (Å²) >= 11 is 3.71. The summed E-state index contributed by atoms with van der Waals surface area (Å²) in [6, 6.07) is 0. The molecule has 0 N–H and O–H groups in total. The van der Waals surface area contributed by atoms with E-state index in [9.17, 15) is 4.79 Å². The van der Waals surface area contributed by atoms with E-state index in [4.69, 9.17) is 4.74 Å². The SMILES string of the molecule is COc1c(C)c(C)c(Br)c(C)c1CC1CCC(=O)CC1. The van der Waals surface area contributed by atoms with Crippen LogP contribution in [-0.4, -0.2) is 12.9 Å². The Bertz CT molecular complexity index is 525. The van der Waals surface area contributed by atoms with Gasteiger partial charge in [-0.2, -0.15) is 0 Å². The van der Waals surface area contributed by atoms with Gasteiger partial charge in [0.05, 0.1) is 7.11 Å². The molecule has 110 valence electrons. The molecule has 0 aliphatic heterocycles. The molecule has 0 radical (unpaired) electrons. The van der Waals surface area contributed by atoms with Crippen LogP contribution in [0.4, 0.5) is 0 Å². The van der Waals surface area contributed by atoms with Gasteiger partial charge >= 0.3 is 0 Å². The van der Waals surface area contributed by atoms with Crippen LogP contribution in [0.2, 0.25) is 0 Å². The van der Waals surface area contributed by atoms with Crippen LogP contribution in [0.15, 0.2) is 4.47 Å². The van der Waals surface area contributed by atoms with Crippen LogP contribution < -0.4 is 4.74 Å². The zero-order chi connectivity index (χ0) is 14.9. The Labute approximate surface area is 130 Å². The Morgan fingerprint density at radius 2 is 1.70 bits per heavy atom. The molecule has 0 heterocycles. The van der Waals surface area contributed by atoms with Gasteiger partial charge in [-0.15, -0.1) is 0 Å². The summed E-state index contributed by atoms with van der Waals surface area (Å²) in [4.78, 5) is 11.4. The minimum absolute atomic E-state index is 0.422. The fourth-order valence-corrected chi connectivity index (χ4v) is 3.70. The summed E-state index contributed by atoms with van der Waals surface area (Å²) in [6.07, 6.45) is 4.55. The van der Waals surface area contributed by atoms with Gasteiger partial charge in [-0.25, -0.2) is 0 Å². The number of halogens is 1. The second kappa shape index (κ2) is 6.30. The molecule has 1 aromatic carbocycles. The van der Waals surface area contributed by atoms with Gasteiger partial charge in [0.25, 0.3) is 0 Å². The van der Waals surface area contributed by atoms with Crippen LogP contribution in [0.3, 0.4) is 0 Å². The molecule has 0 spiro atoms. The number of hydrogen-bond donors (Lipinski definition) is 0. The number of carbonyl (C=O) groups excluding carboxylic acids is 1. The molecule has 1 saturated carbocycles. The van der Waals surface area contributed by atoms with Crippen LogP contribution in [0.1, 0.15) is 47.9 Å². The lowest BCUT2D eigenvalue weighted by atomic mass is 9.82. The fourth-order valence-electron chi connectivity index (χ4n) is 3.16. The van der Waals surface area contributed by atoms with Crippen molar-refractivity contribution in [3.05, 3.63) is 26.7 Å². The van der Waals surface area contributed by atoms with Crippen LogP contribution >= 0.6 is 15.9 Å². The molecule has 0 saturated heterocycles. The molecular formula is C17H23BrO2. The van der Waals surface area contributed by atoms with E-state index in [0.29, 0.717) is 11.7 Å². The van der Waals surface area contributed by atoms with Crippen molar-refractivity contribution in [2.24, 2.45) is 5.92 Å². The zero-order valence-electron chi connectivity index (χ0n) is 12.8. The van der Waals surface area contributed by atoms with E-state index in [-0.39, 0.29) is 0 Å². The van der Waals surface area contributed by atoms with E-state index in [0.717, 1.165) is 37.9 Å². The van der Waals surface area contributed by atoms with Gasteiger partial charge in [0.2, 0.25) is 0 Å². The van der Waals surface area contributed by atoms with Gasteiger partial charge in [0.15, 0.2) is 0 Å². The summed E-state index contributed by atoms with van der Waals surface area (Å²) < 4.78 is 6.86. The maximum atomic E-state index is 11.4. The Morgan fingerprint density at radius 3 is 2.25 bits per heavy atom. The first-order chi connectivity index (χ1) is 9.45. The first kappa shape index (κ1) is 15.6. The van der Waals surface area contributed by atoms with Crippen LogP contribution in [0.25, 0.3) is 0 Å². The number of ketones is 1. The maximum absolute atomic E-state index is 11.4. The summed E-state index contributed by atoms with van der Waals surface area (Å²) in [5, 5.41) is 0. The van der Waals surface area contributed by atoms with Gasteiger partial charge < -0.3 is 4.74 Å². The number of ether oxygens (including phenoxy) is 1. The molecule has 0 bridgehead atoms. The summed E-state index contributed by atoms with van der Waals surface area (Å²) in [7, 11) is 1.75. The lowest BCUT2D eigenvalue weighted by molar-refractivity contribution is -0.121. The average molecular weight is 339 g/mol. The quantitative estimate of drug-likeness (QED) is 0.799. The first-order valence-corrected chi connectivity index (χ1v) is 8.08. The molecule has 2 nitrogen and oxygen atoms in total. The third-order valence-electron chi connectivity index (χ3n) is 4.65. The molecule has 0 atom stereocenters. The third-order valence-corrected chi connectivity index (χ3v) is 5.84. The van der Waals surface area contributed by atoms with Gasteiger partial charge in [-0.05, 0) is 68.2 Å². The van der Waals surface area contributed by atoms with Crippen LogP contribution in [-0.2, 0) is 11.2 Å². The lowest BCUT2D eigenvalue weighted by Crippen LogP contribution is -2.17. The summed E-state index contributed by atoms with van der Waals surface area (Å²) in [5.41, 5.74) is 5.05. The number of rotatable bonds is 3. The highest BCUT2D eigenvalue weighted by atomic mass is 79.9. The van der Waals surface area contributed by atoms with Crippen molar-refractivity contribution in [3.63, 3.8) is 0 Å². The highest BCUT2D eigenvalue weighted by Crippen LogP contribution is 2.38. The molecule has 1 aliphatic rings. The first-order valence-electron chi connectivity index (χ1n) is 7.29. The van der Waals surface area contributed by atoms with Gasteiger partial charge in [-0.1, -0.05) is 15.9 Å². The molecule has 0 amide bonds. The smallest absolute Gasteiger partial charge is 0.132 e. The Hall–Kier alpha value is -0.830. The summed E-state index contributed by atoms with van der Waals surface area (Å²) in [6.45, 7) is 6.40. The van der Waals surface area contributed by atoms with Crippen molar-refractivity contribution in [3.8, 4) is 5.75 Å². The zero-order valence-corrected chi connectivity index (χ0v) is 14.4. The second-order valence-corrected chi connectivity index (χ2v) is 6.68. The standard InChI is InChI=1S/C17H23BrO2/c1-10-11(2)17(20-4)15(12(3)16(10)18)9-13-5-7-14(19)8-6-13/h13H,5-9H2,1-4H3. The van der Waals surface area contributed by atoms with E-state index in [1.807, 2.05) is 0 Å². The predicted octanol–water partition coefficient (Wildman–Crippen LogP) is 4.68. The van der Waals surface area contributed by atoms with Crippen LogP contribution in [0, 0.1) is 26.7 Å². The largest absolute Gasteiger partial charge is 0.496 e. The third kappa shape index (κ3) is 2.93. The fraction of sp³-hybridized carbons (Fsp3) is 0.588. The molecule has 20 heavy (non-hydrogen) atoms. The minimum atomic E-state index is 0.422. The van der Waals surface area contributed by atoms with Crippen molar-refractivity contribution in [2.75, 3.05) is 7.11 Å². The minimum Gasteiger partial charge on any atom is -0.496 e.